The predicted molar refractivity (Wildman–Crippen MR) is 107 cm³/mol. The van der Waals surface area contributed by atoms with Gasteiger partial charge in [0.1, 0.15) is 5.75 Å². The lowest BCUT2D eigenvalue weighted by Crippen LogP contribution is -2.37. The molecule has 1 aliphatic heterocycles. The van der Waals surface area contributed by atoms with Crippen LogP contribution in [0.25, 0.3) is 0 Å². The molecular formula is C22H28N2O3. The Kier molecular flexibility index (Phi) is 6.35. The Morgan fingerprint density at radius 3 is 2.37 bits per heavy atom. The molecule has 2 aromatic rings. The zero-order chi connectivity index (χ0) is 19.2. The maximum absolute atomic E-state index is 12.6. The molecule has 1 unspecified atom stereocenters. The average molecular weight is 368 g/mol. The minimum atomic E-state index is -0.523. The summed E-state index contributed by atoms with van der Waals surface area (Å²) in [7, 11) is 1.81. The standard InChI is InChI=1S/C22H28N2O3/c1-17-4-10-21(11-5-17)27-18(2)22(25)23(3)16-19-6-8-20(9-7-19)24-12-14-26-15-13-24/h4-11,18H,12-16H2,1-3H3. The van der Waals surface area contributed by atoms with Gasteiger partial charge in [0.05, 0.1) is 13.2 Å². The van der Waals surface area contributed by atoms with Crippen LogP contribution in [0.2, 0.25) is 0 Å². The second-order valence-electron chi connectivity index (χ2n) is 7.03. The summed E-state index contributed by atoms with van der Waals surface area (Å²) >= 11 is 0. The highest BCUT2D eigenvalue weighted by Crippen LogP contribution is 2.18. The number of morpholine rings is 1. The van der Waals surface area contributed by atoms with Crippen molar-refractivity contribution in [1.82, 2.24) is 4.90 Å². The van der Waals surface area contributed by atoms with E-state index in [0.717, 1.165) is 31.9 Å². The SMILES string of the molecule is Cc1ccc(OC(C)C(=O)N(C)Cc2ccc(N3CCOCC3)cc2)cc1. The van der Waals surface area contributed by atoms with Gasteiger partial charge in [0.15, 0.2) is 6.10 Å². The summed E-state index contributed by atoms with van der Waals surface area (Å²) in [6.45, 7) is 7.77. The first-order valence-corrected chi connectivity index (χ1v) is 9.43. The van der Waals surface area contributed by atoms with Gasteiger partial charge in [-0.25, -0.2) is 0 Å². The average Bonchev–Trinajstić information content (AvgIpc) is 2.70. The Labute approximate surface area is 161 Å². The quantitative estimate of drug-likeness (QED) is 0.785. The number of benzene rings is 2. The van der Waals surface area contributed by atoms with Gasteiger partial charge >= 0.3 is 0 Å². The van der Waals surface area contributed by atoms with E-state index in [0.29, 0.717) is 12.3 Å². The fourth-order valence-electron chi connectivity index (χ4n) is 3.17. The van der Waals surface area contributed by atoms with Crippen LogP contribution in [0.4, 0.5) is 5.69 Å². The van der Waals surface area contributed by atoms with E-state index in [2.05, 4.69) is 29.2 Å². The van der Waals surface area contributed by atoms with Crippen molar-refractivity contribution in [2.75, 3.05) is 38.3 Å². The van der Waals surface area contributed by atoms with Crippen molar-refractivity contribution in [2.45, 2.75) is 26.5 Å². The summed E-state index contributed by atoms with van der Waals surface area (Å²) < 4.78 is 11.2. The summed E-state index contributed by atoms with van der Waals surface area (Å²) in [6.07, 6.45) is -0.523. The zero-order valence-electron chi connectivity index (χ0n) is 16.4. The highest BCUT2D eigenvalue weighted by atomic mass is 16.5. The number of nitrogens with zero attached hydrogens (tertiary/aromatic N) is 2. The largest absolute Gasteiger partial charge is 0.481 e. The molecule has 3 rings (SSSR count). The third kappa shape index (κ3) is 5.23. The number of rotatable bonds is 6. The van der Waals surface area contributed by atoms with Crippen molar-refractivity contribution in [3.63, 3.8) is 0 Å². The van der Waals surface area contributed by atoms with Gasteiger partial charge < -0.3 is 19.3 Å². The molecule has 5 nitrogen and oxygen atoms in total. The van der Waals surface area contributed by atoms with Crippen LogP contribution in [-0.4, -0.2) is 50.3 Å². The Morgan fingerprint density at radius 2 is 1.74 bits per heavy atom. The molecule has 0 radical (unpaired) electrons. The van der Waals surface area contributed by atoms with Crippen LogP contribution in [0.5, 0.6) is 5.75 Å². The van der Waals surface area contributed by atoms with Crippen LogP contribution in [-0.2, 0) is 16.1 Å². The summed E-state index contributed by atoms with van der Waals surface area (Å²) in [4.78, 5) is 16.6. The Morgan fingerprint density at radius 1 is 1.11 bits per heavy atom. The molecule has 0 saturated carbocycles. The number of carbonyl (C=O) groups is 1. The van der Waals surface area contributed by atoms with E-state index in [9.17, 15) is 4.79 Å². The molecule has 27 heavy (non-hydrogen) atoms. The second-order valence-corrected chi connectivity index (χ2v) is 7.03. The Hall–Kier alpha value is -2.53. The van der Waals surface area contributed by atoms with Crippen LogP contribution in [0.3, 0.4) is 0 Å². The van der Waals surface area contributed by atoms with Crippen molar-refractivity contribution < 1.29 is 14.3 Å². The lowest BCUT2D eigenvalue weighted by molar-refractivity contribution is -0.137. The fourth-order valence-corrected chi connectivity index (χ4v) is 3.17. The Balaban J connectivity index is 1.54. The number of ether oxygens (including phenoxy) is 2. The first kappa shape index (κ1) is 19.2. The van der Waals surface area contributed by atoms with E-state index in [1.54, 1.807) is 11.8 Å². The second kappa shape index (κ2) is 8.91. The molecule has 0 aromatic heterocycles. The molecule has 1 fully saturated rings. The molecule has 1 amide bonds. The van der Waals surface area contributed by atoms with Crippen LogP contribution in [0.15, 0.2) is 48.5 Å². The van der Waals surface area contributed by atoms with Gasteiger partial charge in [0, 0.05) is 32.4 Å². The van der Waals surface area contributed by atoms with E-state index in [-0.39, 0.29) is 5.91 Å². The summed E-state index contributed by atoms with van der Waals surface area (Å²) in [5.41, 5.74) is 3.47. The summed E-state index contributed by atoms with van der Waals surface area (Å²) in [5.74, 6) is 0.678. The lowest BCUT2D eigenvalue weighted by atomic mass is 10.1. The van der Waals surface area contributed by atoms with Gasteiger partial charge in [0.2, 0.25) is 0 Å². The molecule has 0 spiro atoms. The van der Waals surface area contributed by atoms with E-state index < -0.39 is 6.10 Å². The first-order valence-electron chi connectivity index (χ1n) is 9.43. The lowest BCUT2D eigenvalue weighted by Gasteiger charge is -2.29. The molecule has 5 heteroatoms. The highest BCUT2D eigenvalue weighted by Gasteiger charge is 2.19. The van der Waals surface area contributed by atoms with Crippen molar-refractivity contribution in [3.8, 4) is 5.75 Å². The van der Waals surface area contributed by atoms with Gasteiger partial charge in [-0.15, -0.1) is 0 Å². The third-order valence-electron chi connectivity index (χ3n) is 4.79. The van der Waals surface area contributed by atoms with Crippen molar-refractivity contribution in [2.24, 2.45) is 0 Å². The van der Waals surface area contributed by atoms with Crippen molar-refractivity contribution in [1.29, 1.82) is 0 Å². The van der Waals surface area contributed by atoms with Crippen molar-refractivity contribution >= 4 is 11.6 Å². The molecule has 1 atom stereocenters. The van der Waals surface area contributed by atoms with Crippen LogP contribution in [0.1, 0.15) is 18.1 Å². The smallest absolute Gasteiger partial charge is 0.263 e. The van der Waals surface area contributed by atoms with Gasteiger partial charge in [-0.3, -0.25) is 4.79 Å². The Bertz CT molecular complexity index is 737. The van der Waals surface area contributed by atoms with Crippen LogP contribution in [0, 0.1) is 6.92 Å². The topological polar surface area (TPSA) is 42.0 Å². The normalized spacial score (nSPS) is 15.3. The number of hydrogen-bond acceptors (Lipinski definition) is 4. The van der Waals surface area contributed by atoms with Crippen LogP contribution < -0.4 is 9.64 Å². The van der Waals surface area contributed by atoms with Gasteiger partial charge in [-0.2, -0.15) is 0 Å². The number of carbonyl (C=O) groups excluding carboxylic acids is 1. The number of aryl methyl sites for hydroxylation is 1. The molecule has 1 heterocycles. The van der Waals surface area contributed by atoms with E-state index in [1.165, 1.54) is 11.3 Å². The minimum Gasteiger partial charge on any atom is -0.481 e. The molecule has 0 bridgehead atoms. The minimum absolute atomic E-state index is 0.0344. The monoisotopic (exact) mass is 368 g/mol. The molecule has 1 saturated heterocycles. The molecule has 144 valence electrons. The maximum atomic E-state index is 12.6. The molecule has 0 N–H and O–H groups in total. The van der Waals surface area contributed by atoms with Crippen molar-refractivity contribution in [3.05, 3.63) is 59.7 Å². The molecule has 0 aliphatic carbocycles. The zero-order valence-corrected chi connectivity index (χ0v) is 16.4. The van der Waals surface area contributed by atoms with E-state index >= 15 is 0 Å². The van der Waals surface area contributed by atoms with Gasteiger partial charge in [-0.1, -0.05) is 29.8 Å². The molecule has 1 aliphatic rings. The molecular weight excluding hydrogens is 340 g/mol. The molecule has 2 aromatic carbocycles. The highest BCUT2D eigenvalue weighted by molar-refractivity contribution is 5.80. The number of amides is 1. The summed E-state index contributed by atoms with van der Waals surface area (Å²) in [6, 6.07) is 16.1. The number of anilines is 1. The number of hydrogen-bond donors (Lipinski definition) is 0. The van der Waals surface area contributed by atoms with E-state index in [4.69, 9.17) is 9.47 Å². The number of likely N-dealkylation sites (N-methyl/N-ethyl adjacent to an activating group) is 1. The van der Waals surface area contributed by atoms with E-state index in [1.807, 2.05) is 38.2 Å². The van der Waals surface area contributed by atoms with Crippen LogP contribution >= 0.6 is 0 Å². The summed E-state index contributed by atoms with van der Waals surface area (Å²) in [5, 5.41) is 0. The van der Waals surface area contributed by atoms with Gasteiger partial charge in [0.25, 0.3) is 5.91 Å². The third-order valence-corrected chi connectivity index (χ3v) is 4.79. The van der Waals surface area contributed by atoms with Gasteiger partial charge in [-0.05, 0) is 43.7 Å². The maximum Gasteiger partial charge on any atom is 0.263 e. The first-order chi connectivity index (χ1) is 13.0. The predicted octanol–water partition coefficient (Wildman–Crippen LogP) is 3.26. The fraction of sp³-hybridized carbons (Fsp3) is 0.409.